The number of imidazole rings is 1. The van der Waals surface area contributed by atoms with Gasteiger partial charge in [0.25, 0.3) is 0 Å². The molecule has 0 radical (unpaired) electrons. The van der Waals surface area contributed by atoms with Crippen molar-refractivity contribution in [2.24, 2.45) is 0 Å². The smallest absolute Gasteiger partial charge is 0.359 e. The third-order valence-corrected chi connectivity index (χ3v) is 3.17. The fourth-order valence-electron chi connectivity index (χ4n) is 2.05. The van der Waals surface area contributed by atoms with Gasteiger partial charge in [-0.25, -0.2) is 4.98 Å². The highest BCUT2D eigenvalue weighted by Crippen LogP contribution is 2.25. The number of rotatable bonds is 4. The molecule has 2 heterocycles. The highest BCUT2D eigenvalue weighted by Gasteiger charge is 2.27. The van der Waals surface area contributed by atoms with E-state index in [-0.39, 0.29) is 11.8 Å². The Bertz CT molecular complexity index is 799. The van der Waals surface area contributed by atoms with Crippen LogP contribution < -0.4 is 10.2 Å². The lowest BCUT2D eigenvalue weighted by atomic mass is 10.3. The molecule has 0 spiro atoms. The van der Waals surface area contributed by atoms with E-state index in [1.807, 2.05) is 30.3 Å². The molecule has 0 saturated heterocycles. The van der Waals surface area contributed by atoms with Crippen molar-refractivity contribution in [1.29, 1.82) is 0 Å². The molecule has 2 aromatic heterocycles. The van der Waals surface area contributed by atoms with E-state index >= 15 is 0 Å². The number of alkyl halides is 3. The van der Waals surface area contributed by atoms with Gasteiger partial charge in [-0.15, -0.1) is 0 Å². The van der Waals surface area contributed by atoms with Gasteiger partial charge in [0.1, 0.15) is 12.1 Å². The van der Waals surface area contributed by atoms with Crippen LogP contribution in [0.5, 0.6) is 0 Å². The number of hydrogen-bond donors (Lipinski definition) is 2. The van der Waals surface area contributed by atoms with Crippen LogP contribution in [0.25, 0.3) is 11.2 Å². The molecule has 0 aliphatic carbocycles. The van der Waals surface area contributed by atoms with Gasteiger partial charge >= 0.3 is 6.18 Å². The summed E-state index contributed by atoms with van der Waals surface area (Å²) in [5.74, 6) is 0.308. The van der Waals surface area contributed by atoms with Crippen LogP contribution in [0.4, 0.5) is 30.6 Å². The largest absolute Gasteiger partial charge is 0.405 e. The van der Waals surface area contributed by atoms with Gasteiger partial charge in [0, 0.05) is 12.7 Å². The second kappa shape index (κ2) is 5.75. The van der Waals surface area contributed by atoms with E-state index in [1.165, 1.54) is 6.33 Å². The Morgan fingerprint density at radius 3 is 2.61 bits per heavy atom. The van der Waals surface area contributed by atoms with Crippen molar-refractivity contribution in [2.75, 3.05) is 23.8 Å². The maximum absolute atomic E-state index is 12.4. The van der Waals surface area contributed by atoms with Gasteiger partial charge in [0.15, 0.2) is 11.5 Å². The number of halogens is 3. The van der Waals surface area contributed by atoms with Crippen LogP contribution in [0.1, 0.15) is 0 Å². The highest BCUT2D eigenvalue weighted by molar-refractivity contribution is 5.84. The Morgan fingerprint density at radius 2 is 1.91 bits per heavy atom. The summed E-state index contributed by atoms with van der Waals surface area (Å²) in [7, 11) is 1.73. The minimum atomic E-state index is -4.34. The highest BCUT2D eigenvalue weighted by atomic mass is 19.4. The molecule has 0 aliphatic rings. The fourth-order valence-corrected chi connectivity index (χ4v) is 2.05. The van der Waals surface area contributed by atoms with Gasteiger partial charge in [0.2, 0.25) is 5.95 Å². The number of para-hydroxylation sites is 1. The molecule has 120 valence electrons. The van der Waals surface area contributed by atoms with Gasteiger partial charge in [-0.1, -0.05) is 18.2 Å². The molecule has 0 unspecified atom stereocenters. The van der Waals surface area contributed by atoms with Crippen molar-refractivity contribution in [3.05, 3.63) is 36.7 Å². The average Bonchev–Trinajstić information content (AvgIpc) is 3.00. The summed E-state index contributed by atoms with van der Waals surface area (Å²) < 4.78 is 37.3. The summed E-state index contributed by atoms with van der Waals surface area (Å²) in [5, 5.41) is 2.29. The molecule has 0 saturated carbocycles. The molecule has 1 aromatic carbocycles. The molecule has 23 heavy (non-hydrogen) atoms. The van der Waals surface area contributed by atoms with Gasteiger partial charge in [0.05, 0.1) is 6.33 Å². The first-order chi connectivity index (χ1) is 10.9. The first-order valence-corrected chi connectivity index (χ1v) is 6.74. The first-order valence-electron chi connectivity index (χ1n) is 6.74. The quantitative estimate of drug-likeness (QED) is 0.772. The van der Waals surface area contributed by atoms with Crippen molar-refractivity contribution < 1.29 is 13.2 Å². The summed E-state index contributed by atoms with van der Waals surface area (Å²) in [6.45, 7) is -1.19. The number of H-pyrrole nitrogens is 1. The molecular formula is C14H13F3N6. The zero-order valence-electron chi connectivity index (χ0n) is 12.1. The number of fused-ring (bicyclic) bond motifs is 1. The second-order valence-corrected chi connectivity index (χ2v) is 4.84. The van der Waals surface area contributed by atoms with E-state index in [0.717, 1.165) is 5.69 Å². The Kier molecular flexibility index (Phi) is 3.77. The molecule has 0 aliphatic heterocycles. The fraction of sp³-hybridized carbons (Fsp3) is 0.214. The molecule has 9 heteroatoms. The number of nitrogens with one attached hydrogen (secondary N) is 2. The van der Waals surface area contributed by atoms with E-state index in [0.29, 0.717) is 11.2 Å². The van der Waals surface area contributed by atoms with Crippen molar-refractivity contribution >= 4 is 28.6 Å². The zero-order chi connectivity index (χ0) is 16.4. The Hall–Kier alpha value is -2.84. The third kappa shape index (κ3) is 3.33. The molecule has 0 fully saturated rings. The average molecular weight is 322 g/mol. The Morgan fingerprint density at radius 1 is 1.17 bits per heavy atom. The second-order valence-electron chi connectivity index (χ2n) is 4.84. The van der Waals surface area contributed by atoms with E-state index in [9.17, 15) is 13.2 Å². The summed E-state index contributed by atoms with van der Waals surface area (Å²) in [4.78, 5) is 16.9. The molecule has 0 atom stereocenters. The maximum Gasteiger partial charge on any atom is 0.405 e. The van der Waals surface area contributed by atoms with E-state index < -0.39 is 12.7 Å². The molecule has 3 rings (SSSR count). The Labute approximate surface area is 129 Å². The van der Waals surface area contributed by atoms with Crippen LogP contribution in [0.15, 0.2) is 36.7 Å². The van der Waals surface area contributed by atoms with Crippen LogP contribution in [-0.4, -0.2) is 39.7 Å². The molecule has 0 amide bonds. The van der Waals surface area contributed by atoms with Gasteiger partial charge in [-0.3, -0.25) is 0 Å². The van der Waals surface area contributed by atoms with E-state index in [2.05, 4.69) is 25.3 Å². The van der Waals surface area contributed by atoms with E-state index in [1.54, 1.807) is 11.9 Å². The predicted molar refractivity (Wildman–Crippen MR) is 80.7 cm³/mol. The summed E-state index contributed by atoms with van der Waals surface area (Å²) in [6, 6.07) is 9.26. The molecule has 6 nitrogen and oxygen atoms in total. The van der Waals surface area contributed by atoms with Crippen LogP contribution in [-0.2, 0) is 0 Å². The topological polar surface area (TPSA) is 69.7 Å². The Balaban J connectivity index is 1.98. The van der Waals surface area contributed by atoms with Crippen LogP contribution in [0, 0.1) is 0 Å². The number of benzene rings is 1. The number of anilines is 3. The van der Waals surface area contributed by atoms with Crippen LogP contribution in [0.3, 0.4) is 0 Å². The zero-order valence-corrected chi connectivity index (χ0v) is 12.1. The number of aromatic amines is 1. The maximum atomic E-state index is 12.4. The lowest BCUT2D eigenvalue weighted by molar-refractivity contribution is -0.115. The molecule has 0 bridgehead atoms. The van der Waals surface area contributed by atoms with Crippen LogP contribution >= 0.6 is 0 Å². The van der Waals surface area contributed by atoms with Gasteiger partial charge in [-0.2, -0.15) is 23.1 Å². The summed E-state index contributed by atoms with van der Waals surface area (Å²) in [5.41, 5.74) is 1.44. The summed E-state index contributed by atoms with van der Waals surface area (Å²) >= 11 is 0. The van der Waals surface area contributed by atoms with Crippen molar-refractivity contribution in [3.63, 3.8) is 0 Å². The lowest BCUT2D eigenvalue weighted by Crippen LogP contribution is -2.23. The van der Waals surface area contributed by atoms with Crippen molar-refractivity contribution in [2.45, 2.75) is 6.18 Å². The SMILES string of the molecule is CN(c1ccccc1)c1nc(NCC(F)(F)F)c2[nH]cnc2n1. The number of aromatic nitrogens is 4. The predicted octanol–water partition coefficient (Wildman–Crippen LogP) is 3.09. The number of hydrogen-bond acceptors (Lipinski definition) is 5. The minimum absolute atomic E-state index is 0.0580. The normalized spacial score (nSPS) is 11.7. The standard InChI is InChI=1S/C14H13F3N6/c1-23(9-5-3-2-4-6-9)13-21-11(18-7-14(15,16)17)10-12(22-13)20-8-19-10/h2-6,8H,7H2,1H3,(H2,18,19,20,21,22). The first kappa shape index (κ1) is 15.1. The van der Waals surface area contributed by atoms with Crippen molar-refractivity contribution in [3.8, 4) is 0 Å². The molecule has 2 N–H and O–H groups in total. The van der Waals surface area contributed by atoms with E-state index in [4.69, 9.17) is 0 Å². The monoisotopic (exact) mass is 322 g/mol. The molecular weight excluding hydrogens is 309 g/mol. The summed E-state index contributed by atoms with van der Waals surface area (Å²) in [6.07, 6.45) is -2.98. The van der Waals surface area contributed by atoms with Gasteiger partial charge < -0.3 is 15.2 Å². The molecule has 3 aromatic rings. The van der Waals surface area contributed by atoms with Crippen molar-refractivity contribution in [1.82, 2.24) is 19.9 Å². The van der Waals surface area contributed by atoms with Gasteiger partial charge in [-0.05, 0) is 12.1 Å². The minimum Gasteiger partial charge on any atom is -0.359 e. The number of nitrogens with zero attached hydrogens (tertiary/aromatic N) is 4. The van der Waals surface area contributed by atoms with Crippen LogP contribution in [0.2, 0.25) is 0 Å². The lowest BCUT2D eigenvalue weighted by Gasteiger charge is -2.18. The third-order valence-electron chi connectivity index (χ3n) is 3.17.